The summed E-state index contributed by atoms with van der Waals surface area (Å²) in [6.45, 7) is 2.58. The highest BCUT2D eigenvalue weighted by Gasteiger charge is 2.42. The molecule has 0 spiro atoms. The van der Waals surface area contributed by atoms with Crippen LogP contribution in [0, 0.1) is 11.7 Å². The lowest BCUT2D eigenvalue weighted by atomic mass is 10.1. The Balaban J connectivity index is 1.72. The van der Waals surface area contributed by atoms with Gasteiger partial charge in [0.15, 0.2) is 0 Å². The van der Waals surface area contributed by atoms with E-state index in [4.69, 9.17) is 0 Å². The van der Waals surface area contributed by atoms with Crippen LogP contribution >= 0.6 is 0 Å². The molecule has 27 heavy (non-hydrogen) atoms. The molecule has 1 aliphatic heterocycles. The van der Waals surface area contributed by atoms with E-state index in [0.717, 1.165) is 25.7 Å². The highest BCUT2D eigenvalue weighted by atomic mass is 19.1. The molecular weight excluding hydrogens is 349 g/mol. The normalized spacial score (nSPS) is 22.7. The number of nitrogens with zero attached hydrogens (tertiary/aromatic N) is 1. The Morgan fingerprint density at radius 3 is 2.56 bits per heavy atom. The molecule has 1 saturated heterocycles. The van der Waals surface area contributed by atoms with E-state index in [1.807, 2.05) is 6.92 Å². The number of hydrogen-bond acceptors (Lipinski definition) is 3. The summed E-state index contributed by atoms with van der Waals surface area (Å²) in [7, 11) is 0. The maximum Gasteiger partial charge on any atom is 0.254 e. The molecular formula is C20H26FN3O3. The SMILES string of the molecule is CCNC(=O)[C@@H]1C[C@@H](NC(=O)c2ccccc2F)CN1C(=O)C1CCCC1. The molecule has 3 rings (SSSR count). The number of nitrogens with one attached hydrogen (secondary N) is 2. The van der Waals surface area contributed by atoms with E-state index >= 15 is 0 Å². The number of likely N-dealkylation sites (N-methyl/N-ethyl adjacent to an activating group) is 1. The Morgan fingerprint density at radius 2 is 1.89 bits per heavy atom. The van der Waals surface area contributed by atoms with Gasteiger partial charge in [-0.05, 0) is 38.3 Å². The highest BCUT2D eigenvalue weighted by Crippen LogP contribution is 2.30. The Kier molecular flexibility index (Phi) is 6.08. The van der Waals surface area contributed by atoms with Gasteiger partial charge in [-0.15, -0.1) is 0 Å². The van der Waals surface area contributed by atoms with Crippen molar-refractivity contribution in [3.63, 3.8) is 0 Å². The predicted octanol–water partition coefficient (Wildman–Crippen LogP) is 1.85. The van der Waals surface area contributed by atoms with Crippen LogP contribution in [0.5, 0.6) is 0 Å². The van der Waals surface area contributed by atoms with E-state index in [0.29, 0.717) is 13.0 Å². The number of carbonyl (C=O) groups is 3. The minimum Gasteiger partial charge on any atom is -0.355 e. The van der Waals surface area contributed by atoms with Gasteiger partial charge in [0.2, 0.25) is 11.8 Å². The van der Waals surface area contributed by atoms with E-state index in [1.165, 1.54) is 18.2 Å². The van der Waals surface area contributed by atoms with E-state index in [2.05, 4.69) is 10.6 Å². The number of likely N-dealkylation sites (tertiary alicyclic amines) is 1. The van der Waals surface area contributed by atoms with Crippen LogP contribution in [-0.4, -0.2) is 47.8 Å². The van der Waals surface area contributed by atoms with Gasteiger partial charge >= 0.3 is 0 Å². The largest absolute Gasteiger partial charge is 0.355 e. The third kappa shape index (κ3) is 4.28. The topological polar surface area (TPSA) is 78.5 Å². The Bertz CT molecular complexity index is 718. The third-order valence-corrected chi connectivity index (χ3v) is 5.40. The van der Waals surface area contributed by atoms with Gasteiger partial charge in [0.1, 0.15) is 11.9 Å². The fourth-order valence-electron chi connectivity index (χ4n) is 4.04. The zero-order valence-electron chi connectivity index (χ0n) is 15.5. The van der Waals surface area contributed by atoms with Crippen molar-refractivity contribution in [3.8, 4) is 0 Å². The third-order valence-electron chi connectivity index (χ3n) is 5.40. The number of benzene rings is 1. The van der Waals surface area contributed by atoms with Crippen molar-refractivity contribution < 1.29 is 18.8 Å². The van der Waals surface area contributed by atoms with E-state index in [-0.39, 0.29) is 35.9 Å². The van der Waals surface area contributed by atoms with Crippen molar-refractivity contribution in [1.29, 1.82) is 0 Å². The predicted molar refractivity (Wildman–Crippen MR) is 98.4 cm³/mol. The summed E-state index contributed by atoms with van der Waals surface area (Å²) in [5, 5.41) is 5.56. The van der Waals surface area contributed by atoms with Crippen LogP contribution in [0.2, 0.25) is 0 Å². The second kappa shape index (κ2) is 8.50. The van der Waals surface area contributed by atoms with Crippen LogP contribution in [0.4, 0.5) is 4.39 Å². The molecule has 1 aromatic rings. The molecule has 0 unspecified atom stereocenters. The minimum atomic E-state index is -0.594. The first-order valence-corrected chi connectivity index (χ1v) is 9.64. The fraction of sp³-hybridized carbons (Fsp3) is 0.550. The van der Waals surface area contributed by atoms with Gasteiger partial charge in [-0.3, -0.25) is 14.4 Å². The lowest BCUT2D eigenvalue weighted by molar-refractivity contribution is -0.141. The quantitative estimate of drug-likeness (QED) is 0.824. The molecule has 1 aromatic carbocycles. The molecule has 3 amide bonds. The monoisotopic (exact) mass is 375 g/mol. The molecule has 146 valence electrons. The van der Waals surface area contributed by atoms with Gasteiger partial charge in [-0.1, -0.05) is 25.0 Å². The number of amides is 3. The van der Waals surface area contributed by atoms with Gasteiger partial charge in [0.05, 0.1) is 5.56 Å². The summed E-state index contributed by atoms with van der Waals surface area (Å²) >= 11 is 0. The van der Waals surface area contributed by atoms with Gasteiger partial charge < -0.3 is 15.5 Å². The second-order valence-electron chi connectivity index (χ2n) is 7.27. The first-order chi connectivity index (χ1) is 13.0. The summed E-state index contributed by atoms with van der Waals surface area (Å²) < 4.78 is 13.8. The number of carbonyl (C=O) groups excluding carboxylic acids is 3. The van der Waals surface area contributed by atoms with Crippen LogP contribution in [-0.2, 0) is 9.59 Å². The summed E-state index contributed by atoms with van der Waals surface area (Å²) in [6.07, 6.45) is 4.10. The first-order valence-electron chi connectivity index (χ1n) is 9.64. The Labute approximate surface area is 158 Å². The van der Waals surface area contributed by atoms with Gasteiger partial charge in [0.25, 0.3) is 5.91 Å². The van der Waals surface area contributed by atoms with Crippen molar-refractivity contribution in [2.24, 2.45) is 5.92 Å². The molecule has 7 heteroatoms. The smallest absolute Gasteiger partial charge is 0.254 e. The molecule has 0 aromatic heterocycles. The van der Waals surface area contributed by atoms with Crippen LogP contribution in [0.25, 0.3) is 0 Å². The minimum absolute atomic E-state index is 0.00797. The number of rotatable bonds is 5. The molecule has 1 aliphatic carbocycles. The van der Waals surface area contributed by atoms with E-state index in [9.17, 15) is 18.8 Å². The van der Waals surface area contributed by atoms with Crippen LogP contribution in [0.1, 0.15) is 49.4 Å². The number of halogens is 1. The second-order valence-corrected chi connectivity index (χ2v) is 7.27. The standard InChI is InChI=1S/C20H26FN3O3/c1-2-22-19(26)17-11-14(12-24(17)20(27)13-7-3-4-8-13)23-18(25)15-9-5-6-10-16(15)21/h5-6,9-10,13-14,17H,2-4,7-8,11-12H2,1H3,(H,22,26)(H,23,25)/t14-,17+/m1/s1. The van der Waals surface area contributed by atoms with Crippen molar-refractivity contribution >= 4 is 17.7 Å². The number of hydrogen-bond donors (Lipinski definition) is 2. The lowest BCUT2D eigenvalue weighted by Crippen LogP contribution is -2.47. The first kappa shape index (κ1) is 19.3. The van der Waals surface area contributed by atoms with Crippen molar-refractivity contribution in [3.05, 3.63) is 35.6 Å². The molecule has 0 bridgehead atoms. The maximum atomic E-state index is 13.8. The summed E-state index contributed by atoms with van der Waals surface area (Å²) in [5.41, 5.74) is -0.0346. The van der Waals surface area contributed by atoms with Gasteiger partial charge in [0, 0.05) is 25.0 Å². The van der Waals surface area contributed by atoms with Crippen LogP contribution < -0.4 is 10.6 Å². The summed E-state index contributed by atoms with van der Waals surface area (Å²) in [4.78, 5) is 39.4. The Hall–Kier alpha value is -2.44. The highest BCUT2D eigenvalue weighted by molar-refractivity contribution is 5.95. The average molecular weight is 375 g/mol. The molecule has 0 radical (unpaired) electrons. The Morgan fingerprint density at radius 1 is 1.19 bits per heavy atom. The lowest BCUT2D eigenvalue weighted by Gasteiger charge is -2.26. The molecule has 2 fully saturated rings. The van der Waals surface area contributed by atoms with E-state index < -0.39 is 17.8 Å². The maximum absolute atomic E-state index is 13.8. The average Bonchev–Trinajstić information content (AvgIpc) is 3.31. The van der Waals surface area contributed by atoms with Crippen molar-refractivity contribution in [2.75, 3.05) is 13.1 Å². The van der Waals surface area contributed by atoms with E-state index in [1.54, 1.807) is 11.0 Å². The zero-order valence-corrected chi connectivity index (χ0v) is 15.5. The summed E-state index contributed by atoms with van der Waals surface area (Å²) in [5.74, 6) is -1.36. The molecule has 2 N–H and O–H groups in total. The molecule has 1 heterocycles. The fourth-order valence-corrected chi connectivity index (χ4v) is 4.04. The molecule has 6 nitrogen and oxygen atoms in total. The van der Waals surface area contributed by atoms with Crippen LogP contribution in [0.15, 0.2) is 24.3 Å². The van der Waals surface area contributed by atoms with Crippen molar-refractivity contribution in [2.45, 2.75) is 51.1 Å². The van der Waals surface area contributed by atoms with Gasteiger partial charge in [-0.2, -0.15) is 0 Å². The molecule has 2 atom stereocenters. The van der Waals surface area contributed by atoms with Crippen LogP contribution in [0.3, 0.4) is 0 Å². The summed E-state index contributed by atoms with van der Waals surface area (Å²) in [6, 6.07) is 4.80. The van der Waals surface area contributed by atoms with Gasteiger partial charge in [-0.25, -0.2) is 4.39 Å². The molecule has 2 aliphatic rings. The zero-order chi connectivity index (χ0) is 19.4. The van der Waals surface area contributed by atoms with Crippen molar-refractivity contribution in [1.82, 2.24) is 15.5 Å². The molecule has 1 saturated carbocycles.